The molecule has 3 rings (SSSR count). The van der Waals surface area contributed by atoms with E-state index < -0.39 is 0 Å². The molecular weight excluding hydrogens is 236 g/mol. The lowest BCUT2D eigenvalue weighted by atomic mass is 10.0. The van der Waals surface area contributed by atoms with Crippen molar-refractivity contribution >= 4 is 5.82 Å². The van der Waals surface area contributed by atoms with Gasteiger partial charge < -0.3 is 9.88 Å². The van der Waals surface area contributed by atoms with Crippen LogP contribution in [-0.4, -0.2) is 21.1 Å². The molecule has 0 aromatic carbocycles. The monoisotopic (exact) mass is 256 g/mol. The number of aromatic nitrogens is 3. The Morgan fingerprint density at radius 2 is 2.16 bits per heavy atom. The van der Waals surface area contributed by atoms with Crippen molar-refractivity contribution in [1.29, 1.82) is 0 Å². The zero-order valence-corrected chi connectivity index (χ0v) is 11.4. The molecule has 0 bridgehead atoms. The molecule has 0 radical (unpaired) electrons. The van der Waals surface area contributed by atoms with E-state index in [0.717, 1.165) is 37.4 Å². The summed E-state index contributed by atoms with van der Waals surface area (Å²) in [6.45, 7) is 3.80. The molecule has 0 atom stereocenters. The fourth-order valence-corrected chi connectivity index (χ4v) is 2.69. The van der Waals surface area contributed by atoms with Gasteiger partial charge in [0.2, 0.25) is 0 Å². The van der Waals surface area contributed by atoms with Crippen molar-refractivity contribution in [2.75, 3.05) is 11.9 Å². The Labute approximate surface area is 113 Å². The van der Waals surface area contributed by atoms with Gasteiger partial charge in [-0.1, -0.05) is 6.07 Å². The molecule has 100 valence electrons. The van der Waals surface area contributed by atoms with E-state index in [1.54, 1.807) is 0 Å². The van der Waals surface area contributed by atoms with Crippen LogP contribution in [-0.2, 0) is 19.4 Å². The molecular formula is C15H20N4. The summed E-state index contributed by atoms with van der Waals surface area (Å²) in [5.74, 6) is 0.953. The number of hydrogen-bond acceptors (Lipinski definition) is 3. The first-order valence-corrected chi connectivity index (χ1v) is 7.09. The Morgan fingerprint density at radius 1 is 1.26 bits per heavy atom. The summed E-state index contributed by atoms with van der Waals surface area (Å²) >= 11 is 0. The van der Waals surface area contributed by atoms with E-state index in [0.29, 0.717) is 0 Å². The van der Waals surface area contributed by atoms with E-state index in [-0.39, 0.29) is 0 Å². The second-order valence-corrected chi connectivity index (χ2v) is 5.02. The third kappa shape index (κ3) is 2.62. The van der Waals surface area contributed by atoms with Crippen molar-refractivity contribution < 1.29 is 0 Å². The standard InChI is InChI=1S/C15H20N4/c1-2-16-15-9-5-6-12(18-15)10-19-11-17-13-7-3-4-8-14(13)19/h5-6,9,11H,2-4,7-8,10H2,1H3,(H,16,18). The first-order valence-electron chi connectivity index (χ1n) is 7.09. The molecule has 1 aliphatic carbocycles. The van der Waals surface area contributed by atoms with Crippen molar-refractivity contribution in [3.63, 3.8) is 0 Å². The average molecular weight is 256 g/mol. The molecule has 1 N–H and O–H groups in total. The molecule has 0 saturated heterocycles. The van der Waals surface area contributed by atoms with E-state index >= 15 is 0 Å². The molecule has 2 aromatic rings. The second-order valence-electron chi connectivity index (χ2n) is 5.02. The number of pyridine rings is 1. The first-order chi connectivity index (χ1) is 9.36. The summed E-state index contributed by atoms with van der Waals surface area (Å²) in [5.41, 5.74) is 3.78. The van der Waals surface area contributed by atoms with Crippen molar-refractivity contribution in [1.82, 2.24) is 14.5 Å². The van der Waals surface area contributed by atoms with Gasteiger partial charge >= 0.3 is 0 Å². The molecule has 0 unspecified atom stereocenters. The molecule has 0 spiro atoms. The van der Waals surface area contributed by atoms with Crippen LogP contribution in [0.1, 0.15) is 36.8 Å². The van der Waals surface area contributed by atoms with Crippen molar-refractivity contribution in [3.05, 3.63) is 41.6 Å². The Kier molecular flexibility index (Phi) is 3.49. The summed E-state index contributed by atoms with van der Waals surface area (Å²) < 4.78 is 2.26. The van der Waals surface area contributed by atoms with Crippen molar-refractivity contribution in [2.24, 2.45) is 0 Å². The van der Waals surface area contributed by atoms with E-state index in [1.165, 1.54) is 24.2 Å². The van der Waals surface area contributed by atoms with Crippen molar-refractivity contribution in [3.8, 4) is 0 Å². The summed E-state index contributed by atoms with van der Waals surface area (Å²) in [4.78, 5) is 9.16. The topological polar surface area (TPSA) is 42.7 Å². The van der Waals surface area contributed by atoms with Gasteiger partial charge in [0.15, 0.2) is 0 Å². The fraction of sp³-hybridized carbons (Fsp3) is 0.467. The Hall–Kier alpha value is -1.84. The molecule has 0 aliphatic heterocycles. The first kappa shape index (κ1) is 12.2. The number of nitrogens with one attached hydrogen (secondary N) is 1. The minimum absolute atomic E-state index is 0.821. The minimum Gasteiger partial charge on any atom is -0.370 e. The summed E-state index contributed by atoms with van der Waals surface area (Å²) in [5, 5.41) is 3.25. The average Bonchev–Trinajstić information content (AvgIpc) is 2.83. The maximum Gasteiger partial charge on any atom is 0.126 e. The van der Waals surface area contributed by atoms with Crippen LogP contribution in [0.4, 0.5) is 5.82 Å². The highest BCUT2D eigenvalue weighted by molar-refractivity contribution is 5.35. The van der Waals surface area contributed by atoms with Crippen LogP contribution in [0.25, 0.3) is 0 Å². The van der Waals surface area contributed by atoms with E-state index in [1.807, 2.05) is 12.4 Å². The zero-order valence-electron chi connectivity index (χ0n) is 11.4. The van der Waals surface area contributed by atoms with Gasteiger partial charge in [0.05, 0.1) is 24.3 Å². The quantitative estimate of drug-likeness (QED) is 0.914. The minimum atomic E-state index is 0.821. The normalized spacial score (nSPS) is 14.2. The number of hydrogen-bond donors (Lipinski definition) is 1. The van der Waals surface area contributed by atoms with Crippen LogP contribution in [0.5, 0.6) is 0 Å². The molecule has 0 amide bonds. The number of rotatable bonds is 4. The van der Waals surface area contributed by atoms with Gasteiger partial charge in [0.25, 0.3) is 0 Å². The van der Waals surface area contributed by atoms with Gasteiger partial charge in [-0.3, -0.25) is 0 Å². The third-order valence-corrected chi connectivity index (χ3v) is 3.61. The van der Waals surface area contributed by atoms with E-state index in [9.17, 15) is 0 Å². The predicted molar refractivity (Wildman–Crippen MR) is 76.4 cm³/mol. The molecule has 4 nitrogen and oxygen atoms in total. The largest absolute Gasteiger partial charge is 0.370 e. The highest BCUT2D eigenvalue weighted by Gasteiger charge is 2.15. The molecule has 0 fully saturated rings. The Balaban J connectivity index is 1.81. The summed E-state index contributed by atoms with van der Waals surface area (Å²) in [6.07, 6.45) is 6.81. The lowest BCUT2D eigenvalue weighted by molar-refractivity contribution is 0.625. The fourth-order valence-electron chi connectivity index (χ4n) is 2.69. The van der Waals surface area contributed by atoms with Crippen LogP contribution < -0.4 is 5.32 Å². The summed E-state index contributed by atoms with van der Waals surface area (Å²) in [7, 11) is 0. The van der Waals surface area contributed by atoms with E-state index in [2.05, 4.69) is 38.9 Å². The van der Waals surface area contributed by atoms with Crippen LogP contribution in [0.2, 0.25) is 0 Å². The van der Waals surface area contributed by atoms with Gasteiger partial charge in [0, 0.05) is 12.2 Å². The van der Waals surface area contributed by atoms with Gasteiger partial charge in [-0.25, -0.2) is 9.97 Å². The van der Waals surface area contributed by atoms with Gasteiger partial charge in [-0.2, -0.15) is 0 Å². The van der Waals surface area contributed by atoms with Gasteiger partial charge in [-0.05, 0) is 44.7 Å². The zero-order chi connectivity index (χ0) is 13.1. The van der Waals surface area contributed by atoms with Gasteiger partial charge in [0.1, 0.15) is 5.82 Å². The van der Waals surface area contributed by atoms with Crippen LogP contribution in [0, 0.1) is 0 Å². The molecule has 1 aliphatic rings. The third-order valence-electron chi connectivity index (χ3n) is 3.61. The molecule has 19 heavy (non-hydrogen) atoms. The number of imidazole rings is 1. The molecule has 2 aromatic heterocycles. The van der Waals surface area contributed by atoms with Crippen LogP contribution in [0.3, 0.4) is 0 Å². The molecule has 0 saturated carbocycles. The SMILES string of the molecule is CCNc1cccc(Cn2cnc3c2CCCC3)n1. The second kappa shape index (κ2) is 5.43. The van der Waals surface area contributed by atoms with Crippen LogP contribution in [0.15, 0.2) is 24.5 Å². The van der Waals surface area contributed by atoms with Crippen LogP contribution >= 0.6 is 0 Å². The number of fused-ring (bicyclic) bond motifs is 1. The maximum atomic E-state index is 4.63. The van der Waals surface area contributed by atoms with Crippen molar-refractivity contribution in [2.45, 2.75) is 39.2 Å². The highest BCUT2D eigenvalue weighted by Crippen LogP contribution is 2.20. The molecule has 4 heteroatoms. The maximum absolute atomic E-state index is 4.63. The predicted octanol–water partition coefficient (Wildman–Crippen LogP) is 2.64. The number of anilines is 1. The van der Waals surface area contributed by atoms with Gasteiger partial charge in [-0.15, -0.1) is 0 Å². The lowest BCUT2D eigenvalue weighted by Gasteiger charge is -2.14. The highest BCUT2D eigenvalue weighted by atomic mass is 15.1. The lowest BCUT2D eigenvalue weighted by Crippen LogP contribution is -2.10. The molecule has 2 heterocycles. The van der Waals surface area contributed by atoms with E-state index in [4.69, 9.17) is 0 Å². The smallest absolute Gasteiger partial charge is 0.126 e. The number of nitrogens with zero attached hydrogens (tertiary/aromatic N) is 3. The Bertz CT molecular complexity index is 559. The Morgan fingerprint density at radius 3 is 3.05 bits per heavy atom. The number of aryl methyl sites for hydroxylation is 1. The summed E-state index contributed by atoms with van der Waals surface area (Å²) in [6, 6.07) is 6.15.